The molecule has 26 heavy (non-hydrogen) atoms. The molecular formula is C22H29NO3. The number of carbonyl (C=O) groups is 1. The van der Waals surface area contributed by atoms with E-state index in [0.717, 1.165) is 35.5 Å². The number of benzene rings is 2. The van der Waals surface area contributed by atoms with E-state index in [2.05, 4.69) is 25.2 Å². The highest BCUT2D eigenvalue weighted by molar-refractivity contribution is 5.80. The summed E-state index contributed by atoms with van der Waals surface area (Å²) < 4.78 is 11.2. The topological polar surface area (TPSA) is 47.6 Å². The van der Waals surface area contributed by atoms with Crippen molar-refractivity contribution < 1.29 is 14.3 Å². The molecule has 0 saturated heterocycles. The van der Waals surface area contributed by atoms with E-state index in [9.17, 15) is 4.79 Å². The number of hydrogen-bond donors (Lipinski definition) is 1. The molecule has 140 valence electrons. The smallest absolute Gasteiger partial charge is 0.260 e. The van der Waals surface area contributed by atoms with E-state index in [0.29, 0.717) is 12.5 Å². The molecule has 1 amide bonds. The molecule has 0 bridgehead atoms. The molecule has 0 radical (unpaired) electrons. The lowest BCUT2D eigenvalue weighted by Gasteiger charge is -2.18. The highest BCUT2D eigenvalue weighted by Gasteiger charge is 2.16. The van der Waals surface area contributed by atoms with E-state index in [1.807, 2.05) is 42.5 Å². The lowest BCUT2D eigenvalue weighted by molar-refractivity contribution is -0.127. The largest absolute Gasteiger partial charge is 0.496 e. The van der Waals surface area contributed by atoms with Crippen molar-refractivity contribution in [1.29, 1.82) is 0 Å². The summed E-state index contributed by atoms with van der Waals surface area (Å²) in [5, 5.41) is 2.95. The predicted molar refractivity (Wildman–Crippen MR) is 105 cm³/mol. The third kappa shape index (κ3) is 5.51. The number of para-hydroxylation sites is 2. The second-order valence-electron chi connectivity index (χ2n) is 6.66. The summed E-state index contributed by atoms with van der Waals surface area (Å²) in [6.45, 7) is 6.62. The lowest BCUT2D eigenvalue weighted by atomic mass is 10.0. The van der Waals surface area contributed by atoms with E-state index >= 15 is 0 Å². The minimum Gasteiger partial charge on any atom is -0.496 e. The van der Waals surface area contributed by atoms with Crippen LogP contribution in [0.2, 0.25) is 0 Å². The molecular weight excluding hydrogens is 326 g/mol. The van der Waals surface area contributed by atoms with Crippen LogP contribution in [-0.2, 0) is 11.2 Å². The zero-order chi connectivity index (χ0) is 18.9. The highest BCUT2D eigenvalue weighted by Crippen LogP contribution is 2.26. The fourth-order valence-electron chi connectivity index (χ4n) is 2.85. The van der Waals surface area contributed by atoms with Crippen LogP contribution in [0.5, 0.6) is 11.5 Å². The first-order valence-electron chi connectivity index (χ1n) is 9.18. The number of methoxy groups -OCH3 is 1. The van der Waals surface area contributed by atoms with Crippen molar-refractivity contribution in [2.24, 2.45) is 0 Å². The van der Waals surface area contributed by atoms with Crippen LogP contribution < -0.4 is 14.8 Å². The number of amides is 1. The zero-order valence-corrected chi connectivity index (χ0v) is 16.1. The van der Waals surface area contributed by atoms with Crippen molar-refractivity contribution in [2.75, 3.05) is 13.7 Å². The molecule has 0 spiro atoms. The molecule has 4 heteroatoms. The van der Waals surface area contributed by atoms with Crippen LogP contribution in [0, 0.1) is 0 Å². The highest BCUT2D eigenvalue weighted by atomic mass is 16.5. The Morgan fingerprint density at radius 1 is 1.00 bits per heavy atom. The first kappa shape index (κ1) is 19.8. The Labute approximate surface area is 156 Å². The van der Waals surface area contributed by atoms with Crippen molar-refractivity contribution in [3.8, 4) is 11.5 Å². The summed E-state index contributed by atoms with van der Waals surface area (Å²) >= 11 is 0. The van der Waals surface area contributed by atoms with Gasteiger partial charge in [-0.25, -0.2) is 0 Å². The minimum atomic E-state index is -0.527. The molecule has 0 aliphatic rings. The van der Waals surface area contributed by atoms with Gasteiger partial charge in [0.15, 0.2) is 6.10 Å². The van der Waals surface area contributed by atoms with Gasteiger partial charge < -0.3 is 14.8 Å². The molecule has 1 atom stereocenters. The average Bonchev–Trinajstić information content (AvgIpc) is 2.65. The summed E-state index contributed by atoms with van der Waals surface area (Å²) in [5.41, 5.74) is 2.27. The molecule has 0 aliphatic heterocycles. The molecule has 0 heterocycles. The van der Waals surface area contributed by atoms with Gasteiger partial charge in [-0.15, -0.1) is 0 Å². The fourth-order valence-corrected chi connectivity index (χ4v) is 2.85. The third-order valence-electron chi connectivity index (χ3n) is 4.33. The molecule has 0 saturated carbocycles. The van der Waals surface area contributed by atoms with Crippen LogP contribution in [0.1, 0.15) is 44.2 Å². The van der Waals surface area contributed by atoms with E-state index in [-0.39, 0.29) is 5.91 Å². The van der Waals surface area contributed by atoms with Gasteiger partial charge in [0.05, 0.1) is 7.11 Å². The van der Waals surface area contributed by atoms with Gasteiger partial charge in [-0.1, -0.05) is 50.2 Å². The van der Waals surface area contributed by atoms with E-state index in [1.54, 1.807) is 14.0 Å². The molecule has 4 nitrogen and oxygen atoms in total. The van der Waals surface area contributed by atoms with Crippen LogP contribution in [0.3, 0.4) is 0 Å². The average molecular weight is 355 g/mol. The predicted octanol–water partition coefficient (Wildman–Crippen LogP) is 4.33. The summed E-state index contributed by atoms with van der Waals surface area (Å²) in [7, 11) is 1.68. The van der Waals surface area contributed by atoms with Crippen LogP contribution in [0.4, 0.5) is 0 Å². The van der Waals surface area contributed by atoms with Crippen molar-refractivity contribution in [3.05, 3.63) is 59.7 Å². The minimum absolute atomic E-state index is 0.0939. The van der Waals surface area contributed by atoms with Gasteiger partial charge in [-0.3, -0.25) is 4.79 Å². The first-order chi connectivity index (χ1) is 12.5. The normalized spacial score (nSPS) is 11.9. The number of rotatable bonds is 9. The van der Waals surface area contributed by atoms with Gasteiger partial charge >= 0.3 is 0 Å². The third-order valence-corrected chi connectivity index (χ3v) is 4.33. The number of ether oxygens (including phenoxy) is 2. The quantitative estimate of drug-likeness (QED) is 0.681. The van der Waals surface area contributed by atoms with Gasteiger partial charge in [-0.2, -0.15) is 0 Å². The molecule has 2 rings (SSSR count). The zero-order valence-electron chi connectivity index (χ0n) is 16.1. The van der Waals surface area contributed by atoms with Crippen LogP contribution >= 0.6 is 0 Å². The Morgan fingerprint density at radius 3 is 2.35 bits per heavy atom. The Hall–Kier alpha value is -2.49. The summed E-state index contributed by atoms with van der Waals surface area (Å²) in [4.78, 5) is 12.3. The second kappa shape index (κ2) is 9.85. The lowest BCUT2D eigenvalue weighted by Crippen LogP contribution is -2.37. The molecule has 1 N–H and O–H groups in total. The van der Waals surface area contributed by atoms with Gasteiger partial charge in [0.2, 0.25) is 0 Å². The number of aryl methyl sites for hydroxylation is 1. The van der Waals surface area contributed by atoms with Gasteiger partial charge in [0.1, 0.15) is 11.5 Å². The Balaban J connectivity index is 1.81. The summed E-state index contributed by atoms with van der Waals surface area (Å²) in [5.74, 6) is 1.92. The van der Waals surface area contributed by atoms with Gasteiger partial charge in [0.25, 0.3) is 5.91 Å². The van der Waals surface area contributed by atoms with E-state index in [4.69, 9.17) is 9.47 Å². The maximum Gasteiger partial charge on any atom is 0.260 e. The Morgan fingerprint density at radius 2 is 1.65 bits per heavy atom. The van der Waals surface area contributed by atoms with Crippen molar-refractivity contribution in [3.63, 3.8) is 0 Å². The van der Waals surface area contributed by atoms with Crippen molar-refractivity contribution in [2.45, 2.75) is 45.6 Å². The number of hydrogen-bond acceptors (Lipinski definition) is 3. The Bertz CT molecular complexity index is 712. The second-order valence-corrected chi connectivity index (χ2v) is 6.66. The van der Waals surface area contributed by atoms with Crippen molar-refractivity contribution >= 4 is 5.91 Å². The van der Waals surface area contributed by atoms with Gasteiger partial charge in [0, 0.05) is 6.54 Å². The standard InChI is InChI=1S/C22H29NO3/c1-16(2)19-12-6-8-14-21(19)26-17(3)22(24)23-15-9-11-18-10-5-7-13-20(18)25-4/h5-8,10,12-14,16-17H,9,11,15H2,1-4H3,(H,23,24)/t17-/m0/s1. The van der Waals surface area contributed by atoms with Crippen LogP contribution in [0.25, 0.3) is 0 Å². The van der Waals surface area contributed by atoms with Crippen LogP contribution in [0.15, 0.2) is 48.5 Å². The first-order valence-corrected chi connectivity index (χ1v) is 9.18. The molecule has 2 aromatic rings. The van der Waals surface area contributed by atoms with Crippen molar-refractivity contribution in [1.82, 2.24) is 5.32 Å². The summed E-state index contributed by atoms with van der Waals surface area (Å²) in [6, 6.07) is 15.8. The monoisotopic (exact) mass is 355 g/mol. The fraction of sp³-hybridized carbons (Fsp3) is 0.409. The molecule has 0 fully saturated rings. The molecule has 0 aromatic heterocycles. The summed E-state index contributed by atoms with van der Waals surface area (Å²) in [6.07, 6.45) is 1.18. The van der Waals surface area contributed by atoms with Crippen LogP contribution in [-0.4, -0.2) is 25.7 Å². The number of nitrogens with one attached hydrogen (secondary N) is 1. The maximum atomic E-state index is 12.3. The molecule has 0 aliphatic carbocycles. The Kier molecular flexibility index (Phi) is 7.52. The SMILES string of the molecule is COc1ccccc1CCCNC(=O)[C@H](C)Oc1ccccc1C(C)C. The number of carbonyl (C=O) groups excluding carboxylic acids is 1. The van der Waals surface area contributed by atoms with E-state index in [1.165, 1.54) is 0 Å². The molecule has 2 aromatic carbocycles. The maximum absolute atomic E-state index is 12.3. The van der Waals surface area contributed by atoms with Gasteiger partial charge in [-0.05, 0) is 48.9 Å². The molecule has 0 unspecified atom stereocenters. The van der Waals surface area contributed by atoms with E-state index < -0.39 is 6.10 Å².